The summed E-state index contributed by atoms with van der Waals surface area (Å²) in [6, 6.07) is 16.1. The molecule has 0 unspecified atom stereocenters. The topological polar surface area (TPSA) is 71.1 Å². The van der Waals surface area contributed by atoms with E-state index in [0.29, 0.717) is 22.6 Å². The monoisotopic (exact) mass is 349 g/mol. The summed E-state index contributed by atoms with van der Waals surface area (Å²) in [7, 11) is 0. The van der Waals surface area contributed by atoms with Crippen molar-refractivity contribution in [3.05, 3.63) is 83.9 Å². The van der Waals surface area contributed by atoms with Crippen LogP contribution >= 0.6 is 0 Å². The van der Waals surface area contributed by atoms with Crippen LogP contribution in [0.4, 0.5) is 21.5 Å². The Morgan fingerprint density at radius 1 is 0.923 bits per heavy atom. The minimum Gasteiger partial charge on any atom is -0.352 e. The molecule has 0 atom stereocenters. The molecule has 6 heteroatoms. The highest BCUT2D eigenvalue weighted by atomic mass is 19.1. The molecule has 0 aliphatic rings. The number of rotatable bonds is 5. The van der Waals surface area contributed by atoms with E-state index in [9.17, 15) is 14.0 Å². The molecule has 1 aromatic heterocycles. The molecule has 26 heavy (non-hydrogen) atoms. The number of anilines is 3. The number of nitrogens with one attached hydrogen (secondary N) is 2. The van der Waals surface area contributed by atoms with Crippen LogP contribution in [0.2, 0.25) is 0 Å². The van der Waals surface area contributed by atoms with Gasteiger partial charge in [-0.3, -0.25) is 9.59 Å². The Balaban J connectivity index is 1.67. The number of nitrogens with zero attached hydrogens (tertiary/aromatic N) is 1. The lowest BCUT2D eigenvalue weighted by Gasteiger charge is -2.08. The van der Waals surface area contributed by atoms with Gasteiger partial charge in [0.25, 0.3) is 5.91 Å². The largest absolute Gasteiger partial charge is 0.352 e. The van der Waals surface area contributed by atoms with Crippen LogP contribution in [0.15, 0.2) is 66.9 Å². The van der Waals surface area contributed by atoms with Crippen LogP contribution in [0, 0.1) is 5.82 Å². The normalized spacial score (nSPS) is 10.2. The number of aromatic nitrogens is 1. The molecule has 130 valence electrons. The molecular formula is C20H16FN3O2. The quantitative estimate of drug-likeness (QED) is 0.669. The number of carbonyl (C=O) groups excluding carboxylic acids is 2. The third kappa shape index (κ3) is 4.10. The van der Waals surface area contributed by atoms with Gasteiger partial charge in [-0.25, -0.2) is 9.37 Å². The van der Waals surface area contributed by atoms with E-state index in [1.807, 2.05) is 0 Å². The van der Waals surface area contributed by atoms with Gasteiger partial charge in [-0.2, -0.15) is 0 Å². The van der Waals surface area contributed by atoms with Gasteiger partial charge in [-0.15, -0.1) is 0 Å². The molecule has 0 radical (unpaired) electrons. The second-order valence-electron chi connectivity index (χ2n) is 5.62. The smallest absolute Gasteiger partial charge is 0.274 e. The fraction of sp³-hybridized carbons (Fsp3) is 0.0500. The van der Waals surface area contributed by atoms with E-state index >= 15 is 0 Å². The number of pyridine rings is 1. The number of halogens is 1. The van der Waals surface area contributed by atoms with E-state index in [0.717, 1.165) is 0 Å². The summed E-state index contributed by atoms with van der Waals surface area (Å²) < 4.78 is 13.6. The zero-order valence-electron chi connectivity index (χ0n) is 14.0. The van der Waals surface area contributed by atoms with E-state index in [1.165, 1.54) is 19.2 Å². The molecule has 3 aromatic rings. The number of amides is 1. The first kappa shape index (κ1) is 17.3. The highest BCUT2D eigenvalue weighted by molar-refractivity contribution is 6.03. The molecule has 0 saturated carbocycles. The molecule has 0 fully saturated rings. The molecule has 0 aliphatic carbocycles. The average molecular weight is 349 g/mol. The molecule has 5 nitrogen and oxygen atoms in total. The van der Waals surface area contributed by atoms with Crippen molar-refractivity contribution in [2.75, 3.05) is 10.6 Å². The van der Waals surface area contributed by atoms with Crippen molar-refractivity contribution in [3.63, 3.8) is 0 Å². The van der Waals surface area contributed by atoms with E-state index in [-0.39, 0.29) is 23.2 Å². The Bertz CT molecular complexity index is 938. The summed E-state index contributed by atoms with van der Waals surface area (Å²) in [4.78, 5) is 27.6. The Kier molecular flexibility index (Phi) is 5.03. The number of carbonyl (C=O) groups is 2. The summed E-state index contributed by atoms with van der Waals surface area (Å²) >= 11 is 0. The predicted molar refractivity (Wildman–Crippen MR) is 98.3 cm³/mol. The van der Waals surface area contributed by atoms with E-state index in [1.54, 1.807) is 54.6 Å². The highest BCUT2D eigenvalue weighted by Gasteiger charge is 2.09. The fourth-order valence-electron chi connectivity index (χ4n) is 2.30. The van der Waals surface area contributed by atoms with Crippen LogP contribution in [-0.4, -0.2) is 16.7 Å². The maximum atomic E-state index is 13.6. The minimum atomic E-state index is -0.377. The molecule has 3 rings (SSSR count). The standard InChI is InChI=1S/C20H16FN3O2/c1-13(25)14-6-8-15(9-7-14)24-20(26)19-11-10-16(12-22-19)23-18-5-3-2-4-17(18)21/h2-12,23H,1H3,(H,24,26). The van der Waals surface area contributed by atoms with Crippen LogP contribution < -0.4 is 10.6 Å². The number of para-hydroxylation sites is 1. The second kappa shape index (κ2) is 7.57. The van der Waals surface area contributed by atoms with Crippen molar-refractivity contribution >= 4 is 28.8 Å². The maximum Gasteiger partial charge on any atom is 0.274 e. The van der Waals surface area contributed by atoms with Crippen LogP contribution in [0.1, 0.15) is 27.8 Å². The van der Waals surface area contributed by atoms with Gasteiger partial charge in [0.05, 0.1) is 17.6 Å². The Hall–Kier alpha value is -3.54. The molecule has 0 aliphatic heterocycles. The Morgan fingerprint density at radius 2 is 1.62 bits per heavy atom. The van der Waals surface area contributed by atoms with Gasteiger partial charge >= 0.3 is 0 Å². The lowest BCUT2D eigenvalue weighted by Crippen LogP contribution is -2.13. The van der Waals surface area contributed by atoms with Crippen molar-refractivity contribution in [2.45, 2.75) is 6.92 Å². The van der Waals surface area contributed by atoms with E-state index < -0.39 is 0 Å². The van der Waals surface area contributed by atoms with Crippen molar-refractivity contribution in [3.8, 4) is 0 Å². The Morgan fingerprint density at radius 3 is 2.23 bits per heavy atom. The molecule has 0 bridgehead atoms. The number of benzene rings is 2. The zero-order chi connectivity index (χ0) is 18.5. The molecule has 2 aromatic carbocycles. The van der Waals surface area contributed by atoms with Crippen LogP contribution in [0.25, 0.3) is 0 Å². The van der Waals surface area contributed by atoms with E-state index in [2.05, 4.69) is 15.6 Å². The van der Waals surface area contributed by atoms with Crippen LogP contribution in [0.5, 0.6) is 0 Å². The number of ketones is 1. The van der Waals surface area contributed by atoms with E-state index in [4.69, 9.17) is 0 Å². The van der Waals surface area contributed by atoms with Gasteiger partial charge < -0.3 is 10.6 Å². The maximum absolute atomic E-state index is 13.6. The Labute approximate surface area is 149 Å². The van der Waals surface area contributed by atoms with Gasteiger partial charge in [0.2, 0.25) is 0 Å². The zero-order valence-corrected chi connectivity index (χ0v) is 14.0. The van der Waals surface area contributed by atoms with Crippen molar-refractivity contribution in [1.29, 1.82) is 0 Å². The first-order chi connectivity index (χ1) is 12.5. The summed E-state index contributed by atoms with van der Waals surface area (Å²) in [5, 5.41) is 5.61. The van der Waals surface area contributed by atoms with Crippen molar-refractivity contribution in [2.24, 2.45) is 0 Å². The van der Waals surface area contributed by atoms with Gasteiger partial charge in [-0.05, 0) is 55.5 Å². The summed E-state index contributed by atoms with van der Waals surface area (Å²) in [5.41, 5.74) is 2.26. The van der Waals surface area contributed by atoms with Gasteiger partial charge in [-0.1, -0.05) is 12.1 Å². The molecular weight excluding hydrogens is 333 g/mol. The third-order valence-corrected chi connectivity index (χ3v) is 3.70. The lowest BCUT2D eigenvalue weighted by molar-refractivity contribution is 0.101. The second-order valence-corrected chi connectivity index (χ2v) is 5.62. The van der Waals surface area contributed by atoms with Gasteiger partial charge in [0, 0.05) is 11.3 Å². The van der Waals surface area contributed by atoms with Gasteiger partial charge in [0.1, 0.15) is 11.5 Å². The molecule has 0 spiro atoms. The first-order valence-electron chi connectivity index (χ1n) is 7.93. The third-order valence-electron chi connectivity index (χ3n) is 3.70. The summed E-state index contributed by atoms with van der Waals surface area (Å²) in [6.45, 7) is 1.48. The minimum absolute atomic E-state index is 0.0394. The first-order valence-corrected chi connectivity index (χ1v) is 7.93. The highest BCUT2D eigenvalue weighted by Crippen LogP contribution is 2.19. The van der Waals surface area contributed by atoms with Gasteiger partial charge in [0.15, 0.2) is 5.78 Å². The SMILES string of the molecule is CC(=O)c1ccc(NC(=O)c2ccc(Nc3ccccc3F)cn2)cc1. The van der Waals surface area contributed by atoms with Crippen molar-refractivity contribution < 1.29 is 14.0 Å². The molecule has 2 N–H and O–H groups in total. The summed E-state index contributed by atoms with van der Waals surface area (Å²) in [5.74, 6) is -0.788. The summed E-state index contributed by atoms with van der Waals surface area (Å²) in [6.07, 6.45) is 1.46. The lowest BCUT2D eigenvalue weighted by atomic mass is 10.1. The molecule has 1 heterocycles. The number of hydrogen-bond donors (Lipinski definition) is 2. The fourth-order valence-corrected chi connectivity index (χ4v) is 2.30. The average Bonchev–Trinajstić information content (AvgIpc) is 2.64. The van der Waals surface area contributed by atoms with Crippen LogP contribution in [-0.2, 0) is 0 Å². The number of Topliss-reactive ketones (excluding diaryl/α,β-unsaturated/α-hetero) is 1. The van der Waals surface area contributed by atoms with Crippen LogP contribution in [0.3, 0.4) is 0 Å². The molecule has 0 saturated heterocycles. The number of hydrogen-bond acceptors (Lipinski definition) is 4. The molecule has 1 amide bonds. The van der Waals surface area contributed by atoms with Crippen molar-refractivity contribution in [1.82, 2.24) is 4.98 Å². The predicted octanol–water partition coefficient (Wildman–Crippen LogP) is 4.42.